The molecule has 19 heavy (non-hydrogen) atoms. The molecule has 0 atom stereocenters. The summed E-state index contributed by atoms with van der Waals surface area (Å²) in [5.74, 6) is 0.727. The quantitative estimate of drug-likeness (QED) is 0.794. The lowest BCUT2D eigenvalue weighted by Gasteiger charge is -2.13. The Bertz CT molecular complexity index is 578. The van der Waals surface area contributed by atoms with Gasteiger partial charge in [0.15, 0.2) is 0 Å². The van der Waals surface area contributed by atoms with Crippen LogP contribution in [0.25, 0.3) is 0 Å². The second-order valence-corrected chi connectivity index (χ2v) is 4.70. The third-order valence-corrected chi connectivity index (χ3v) is 2.90. The van der Waals surface area contributed by atoms with Crippen LogP contribution in [-0.2, 0) is 6.54 Å². The zero-order valence-corrected chi connectivity index (χ0v) is 11.7. The molecule has 0 unspecified atom stereocenters. The number of hydrogen-bond donors (Lipinski definition) is 2. The lowest BCUT2D eigenvalue weighted by molar-refractivity contribution is 0.608. The highest BCUT2D eigenvalue weighted by Crippen LogP contribution is 2.18. The second-order valence-electron chi connectivity index (χ2n) is 4.26. The highest BCUT2D eigenvalue weighted by molar-refractivity contribution is 7.80. The van der Waals surface area contributed by atoms with Crippen molar-refractivity contribution in [2.24, 2.45) is 5.73 Å². The Balaban J connectivity index is 2.12. The molecule has 0 fully saturated rings. The molecule has 7 heteroatoms. The van der Waals surface area contributed by atoms with Crippen LogP contribution in [0.1, 0.15) is 16.8 Å². The van der Waals surface area contributed by atoms with Crippen LogP contribution in [0.4, 0.5) is 5.82 Å². The van der Waals surface area contributed by atoms with E-state index in [1.165, 1.54) is 0 Å². The first kappa shape index (κ1) is 13.4. The third kappa shape index (κ3) is 3.25. The van der Waals surface area contributed by atoms with Gasteiger partial charge in [-0.1, -0.05) is 17.4 Å². The molecule has 0 aliphatic rings. The van der Waals surface area contributed by atoms with Gasteiger partial charge in [0, 0.05) is 18.4 Å². The maximum Gasteiger partial charge on any atom is 0.136 e. The number of pyridine rings is 1. The van der Waals surface area contributed by atoms with E-state index in [1.54, 1.807) is 10.9 Å². The molecule has 2 aromatic rings. The molecule has 6 nitrogen and oxygen atoms in total. The Hall–Kier alpha value is -2.02. The number of nitrogens with zero attached hydrogens (tertiary/aromatic N) is 4. The lowest BCUT2D eigenvalue weighted by Crippen LogP contribution is -2.19. The maximum absolute atomic E-state index is 5.76. The van der Waals surface area contributed by atoms with Gasteiger partial charge in [-0.3, -0.25) is 4.68 Å². The average Bonchev–Trinajstić information content (AvgIpc) is 2.80. The van der Waals surface area contributed by atoms with Crippen LogP contribution in [0.2, 0.25) is 0 Å². The van der Waals surface area contributed by atoms with Crippen LogP contribution in [0.15, 0.2) is 18.5 Å². The Labute approximate surface area is 117 Å². The number of nitrogens with two attached hydrogens (primary N) is 1. The fourth-order valence-corrected chi connectivity index (χ4v) is 2.17. The monoisotopic (exact) mass is 276 g/mol. The fourth-order valence-electron chi connectivity index (χ4n) is 1.92. The van der Waals surface area contributed by atoms with Crippen LogP contribution in [-0.4, -0.2) is 31.5 Å². The third-order valence-electron chi connectivity index (χ3n) is 2.70. The Morgan fingerprint density at radius 3 is 2.89 bits per heavy atom. The van der Waals surface area contributed by atoms with Gasteiger partial charge in [-0.2, -0.15) is 0 Å². The topological polar surface area (TPSA) is 81.6 Å². The van der Waals surface area contributed by atoms with E-state index in [2.05, 4.69) is 20.6 Å². The number of anilines is 1. The molecule has 0 saturated heterocycles. The van der Waals surface area contributed by atoms with Crippen LogP contribution in [0.3, 0.4) is 0 Å². The molecule has 0 spiro atoms. The Kier molecular flexibility index (Phi) is 4.06. The van der Waals surface area contributed by atoms with Gasteiger partial charge >= 0.3 is 0 Å². The van der Waals surface area contributed by atoms with Crippen molar-refractivity contribution in [1.82, 2.24) is 20.0 Å². The molecule has 2 aromatic heterocycles. The number of aromatic nitrogens is 4. The normalized spacial score (nSPS) is 10.4. The van der Waals surface area contributed by atoms with Crippen LogP contribution >= 0.6 is 12.2 Å². The molecule has 0 bridgehead atoms. The van der Waals surface area contributed by atoms with Gasteiger partial charge in [-0.05, 0) is 25.5 Å². The zero-order valence-electron chi connectivity index (χ0n) is 10.9. The predicted octanol–water partition coefficient (Wildman–Crippen LogP) is 1.04. The van der Waals surface area contributed by atoms with Crippen molar-refractivity contribution in [1.29, 1.82) is 0 Å². The molecule has 0 amide bonds. The minimum absolute atomic E-state index is 0.355. The summed E-state index contributed by atoms with van der Waals surface area (Å²) in [6.07, 6.45) is 3.46. The first-order chi connectivity index (χ1) is 9.08. The molecule has 100 valence electrons. The standard InChI is InChI=1S/C12H16N6S/c1-8-7-9(2)16-12(10(8)11(13)19)14-3-5-18-6-4-15-17-18/h4,6-7H,3,5H2,1-2H3,(H2,13,19)(H,14,16). The highest BCUT2D eigenvalue weighted by Gasteiger charge is 2.10. The largest absolute Gasteiger partial charge is 0.389 e. The number of aryl methyl sites for hydroxylation is 2. The van der Waals surface area contributed by atoms with Crippen LogP contribution in [0, 0.1) is 13.8 Å². The van der Waals surface area contributed by atoms with E-state index < -0.39 is 0 Å². The smallest absolute Gasteiger partial charge is 0.136 e. The lowest BCUT2D eigenvalue weighted by atomic mass is 10.1. The molecule has 0 aliphatic heterocycles. The van der Waals surface area contributed by atoms with Crippen molar-refractivity contribution < 1.29 is 0 Å². The van der Waals surface area contributed by atoms with E-state index in [-0.39, 0.29) is 0 Å². The first-order valence-corrected chi connectivity index (χ1v) is 6.35. The van der Waals surface area contributed by atoms with Gasteiger partial charge in [-0.25, -0.2) is 4.98 Å². The zero-order chi connectivity index (χ0) is 13.8. The van der Waals surface area contributed by atoms with Crippen LogP contribution in [0.5, 0.6) is 0 Å². The minimum Gasteiger partial charge on any atom is -0.389 e. The van der Waals surface area contributed by atoms with E-state index in [9.17, 15) is 0 Å². The van der Waals surface area contributed by atoms with Crippen molar-refractivity contribution in [3.05, 3.63) is 35.3 Å². The highest BCUT2D eigenvalue weighted by atomic mass is 32.1. The fraction of sp³-hybridized carbons (Fsp3) is 0.333. The van der Waals surface area contributed by atoms with E-state index in [4.69, 9.17) is 18.0 Å². The SMILES string of the molecule is Cc1cc(C)c(C(N)=S)c(NCCn2ccnn2)n1. The molecule has 3 N–H and O–H groups in total. The summed E-state index contributed by atoms with van der Waals surface area (Å²) >= 11 is 5.08. The molecule has 2 rings (SSSR count). The summed E-state index contributed by atoms with van der Waals surface area (Å²) in [7, 11) is 0. The number of nitrogens with one attached hydrogen (secondary N) is 1. The Morgan fingerprint density at radius 1 is 1.47 bits per heavy atom. The predicted molar refractivity (Wildman–Crippen MR) is 78.1 cm³/mol. The molecule has 0 aromatic carbocycles. The number of rotatable bonds is 5. The summed E-state index contributed by atoms with van der Waals surface area (Å²) in [5, 5.41) is 10.9. The summed E-state index contributed by atoms with van der Waals surface area (Å²) in [6.45, 7) is 5.30. The molecule has 0 saturated carbocycles. The average molecular weight is 276 g/mol. The van der Waals surface area contributed by atoms with E-state index in [1.807, 2.05) is 26.1 Å². The summed E-state index contributed by atoms with van der Waals surface area (Å²) in [6, 6.07) is 1.97. The maximum atomic E-state index is 5.76. The van der Waals surface area contributed by atoms with Gasteiger partial charge < -0.3 is 11.1 Å². The summed E-state index contributed by atoms with van der Waals surface area (Å²) < 4.78 is 1.75. The van der Waals surface area contributed by atoms with E-state index in [0.717, 1.165) is 22.6 Å². The number of thiocarbonyl (C=S) groups is 1. The summed E-state index contributed by atoms with van der Waals surface area (Å²) in [4.78, 5) is 4.81. The van der Waals surface area contributed by atoms with Crippen molar-refractivity contribution in [3.8, 4) is 0 Å². The number of hydrogen-bond acceptors (Lipinski definition) is 5. The molecular weight excluding hydrogens is 260 g/mol. The minimum atomic E-state index is 0.355. The first-order valence-electron chi connectivity index (χ1n) is 5.94. The van der Waals surface area contributed by atoms with Crippen molar-refractivity contribution in [2.75, 3.05) is 11.9 Å². The van der Waals surface area contributed by atoms with Gasteiger partial charge in [0.25, 0.3) is 0 Å². The molecule has 0 aliphatic carbocycles. The van der Waals surface area contributed by atoms with Crippen molar-refractivity contribution in [3.63, 3.8) is 0 Å². The van der Waals surface area contributed by atoms with Gasteiger partial charge in [-0.15, -0.1) is 5.10 Å². The van der Waals surface area contributed by atoms with Gasteiger partial charge in [0.2, 0.25) is 0 Å². The molecular formula is C12H16N6S. The van der Waals surface area contributed by atoms with Crippen molar-refractivity contribution in [2.45, 2.75) is 20.4 Å². The Morgan fingerprint density at radius 2 is 2.26 bits per heavy atom. The van der Waals surface area contributed by atoms with Gasteiger partial charge in [0.05, 0.1) is 18.3 Å². The van der Waals surface area contributed by atoms with E-state index in [0.29, 0.717) is 18.1 Å². The van der Waals surface area contributed by atoms with E-state index >= 15 is 0 Å². The van der Waals surface area contributed by atoms with Gasteiger partial charge in [0.1, 0.15) is 10.8 Å². The molecule has 0 radical (unpaired) electrons. The molecule has 2 heterocycles. The van der Waals surface area contributed by atoms with Crippen molar-refractivity contribution >= 4 is 23.0 Å². The van der Waals surface area contributed by atoms with Crippen LogP contribution < -0.4 is 11.1 Å². The summed E-state index contributed by atoms with van der Waals surface area (Å²) in [5.41, 5.74) is 8.52. The second kappa shape index (κ2) is 5.75.